The SMILES string of the molecule is C#CCNC(=O)COC(=O)[C@H](Cc1c[nH]c2ccccc12)NC(C)=O. The summed E-state index contributed by atoms with van der Waals surface area (Å²) in [5.41, 5.74) is 1.80. The minimum atomic E-state index is -0.892. The van der Waals surface area contributed by atoms with Gasteiger partial charge in [-0.2, -0.15) is 0 Å². The van der Waals surface area contributed by atoms with Gasteiger partial charge in [0, 0.05) is 30.4 Å². The van der Waals surface area contributed by atoms with Crippen LogP contribution in [0.3, 0.4) is 0 Å². The fraction of sp³-hybridized carbons (Fsp3) is 0.278. The molecule has 7 heteroatoms. The summed E-state index contributed by atoms with van der Waals surface area (Å²) in [5.74, 6) is 0.703. The van der Waals surface area contributed by atoms with E-state index in [4.69, 9.17) is 11.2 Å². The summed E-state index contributed by atoms with van der Waals surface area (Å²) in [6.07, 6.45) is 7.06. The lowest BCUT2D eigenvalue weighted by atomic mass is 10.0. The average Bonchev–Trinajstić information content (AvgIpc) is 3.00. The van der Waals surface area contributed by atoms with Gasteiger partial charge in [-0.15, -0.1) is 6.42 Å². The summed E-state index contributed by atoms with van der Waals surface area (Å²) in [6.45, 7) is 0.917. The van der Waals surface area contributed by atoms with Crippen LogP contribution in [0.1, 0.15) is 12.5 Å². The van der Waals surface area contributed by atoms with Gasteiger partial charge in [0.25, 0.3) is 5.91 Å². The summed E-state index contributed by atoms with van der Waals surface area (Å²) in [5, 5.41) is 5.91. The highest BCUT2D eigenvalue weighted by atomic mass is 16.5. The second kappa shape index (κ2) is 8.55. The first kappa shape index (κ1) is 18.1. The number of fused-ring (bicyclic) bond motifs is 1. The number of esters is 1. The highest BCUT2D eigenvalue weighted by molar-refractivity contribution is 5.88. The van der Waals surface area contributed by atoms with Crippen molar-refractivity contribution in [3.05, 3.63) is 36.0 Å². The van der Waals surface area contributed by atoms with E-state index >= 15 is 0 Å². The van der Waals surface area contributed by atoms with Crippen molar-refractivity contribution >= 4 is 28.7 Å². The third kappa shape index (κ3) is 5.11. The molecule has 0 spiro atoms. The quantitative estimate of drug-likeness (QED) is 0.504. The number of hydrogen-bond acceptors (Lipinski definition) is 4. The molecule has 0 aliphatic heterocycles. The van der Waals surface area contributed by atoms with Crippen molar-refractivity contribution < 1.29 is 19.1 Å². The standard InChI is InChI=1S/C18H19N3O4/c1-3-8-19-17(23)11-25-18(24)16(21-12(2)22)9-13-10-20-15-7-5-4-6-14(13)15/h1,4-7,10,16,20H,8-9,11H2,2H3,(H,19,23)(H,21,22)/t16-/m0/s1. The van der Waals surface area contributed by atoms with Crippen LogP contribution < -0.4 is 10.6 Å². The third-order valence-corrected chi connectivity index (χ3v) is 3.49. The van der Waals surface area contributed by atoms with Crippen molar-refractivity contribution in [2.45, 2.75) is 19.4 Å². The minimum absolute atomic E-state index is 0.0564. The number of carbonyl (C=O) groups is 3. The average molecular weight is 341 g/mol. The van der Waals surface area contributed by atoms with Gasteiger partial charge >= 0.3 is 5.97 Å². The van der Waals surface area contributed by atoms with Crippen LogP contribution in [0.4, 0.5) is 0 Å². The molecular weight excluding hydrogens is 322 g/mol. The van der Waals surface area contributed by atoms with Crippen molar-refractivity contribution in [3.8, 4) is 12.3 Å². The Bertz CT molecular complexity index is 819. The van der Waals surface area contributed by atoms with Crippen molar-refractivity contribution in [1.82, 2.24) is 15.6 Å². The highest BCUT2D eigenvalue weighted by Crippen LogP contribution is 2.19. The molecule has 7 nitrogen and oxygen atoms in total. The molecule has 2 amide bonds. The molecule has 0 fully saturated rings. The molecule has 3 N–H and O–H groups in total. The molecule has 1 aromatic heterocycles. The van der Waals surface area contributed by atoms with Crippen molar-refractivity contribution in [2.75, 3.05) is 13.2 Å². The Labute approximate surface area is 145 Å². The molecule has 0 radical (unpaired) electrons. The monoisotopic (exact) mass is 341 g/mol. The topological polar surface area (TPSA) is 100 Å². The van der Waals surface area contributed by atoms with Gasteiger partial charge in [0.1, 0.15) is 6.04 Å². The van der Waals surface area contributed by atoms with E-state index in [0.29, 0.717) is 0 Å². The Morgan fingerprint density at radius 1 is 1.32 bits per heavy atom. The Morgan fingerprint density at radius 2 is 2.08 bits per heavy atom. The maximum atomic E-state index is 12.3. The number of aromatic nitrogens is 1. The lowest BCUT2D eigenvalue weighted by molar-refractivity contribution is -0.151. The first-order valence-electron chi connectivity index (χ1n) is 7.70. The molecule has 1 aromatic carbocycles. The van der Waals surface area contributed by atoms with Crippen LogP contribution in [0.25, 0.3) is 10.9 Å². The molecule has 25 heavy (non-hydrogen) atoms. The van der Waals surface area contributed by atoms with Gasteiger partial charge in [-0.3, -0.25) is 9.59 Å². The number of rotatable bonds is 7. The maximum absolute atomic E-state index is 12.3. The van der Waals surface area contributed by atoms with Gasteiger partial charge < -0.3 is 20.4 Å². The summed E-state index contributed by atoms with van der Waals surface area (Å²) >= 11 is 0. The zero-order valence-electron chi connectivity index (χ0n) is 13.8. The highest BCUT2D eigenvalue weighted by Gasteiger charge is 2.23. The predicted molar refractivity (Wildman–Crippen MR) is 92.4 cm³/mol. The Hall–Kier alpha value is -3.27. The van der Waals surface area contributed by atoms with E-state index in [1.165, 1.54) is 6.92 Å². The maximum Gasteiger partial charge on any atom is 0.329 e. The van der Waals surface area contributed by atoms with E-state index < -0.39 is 24.5 Å². The van der Waals surface area contributed by atoms with Gasteiger partial charge in [-0.25, -0.2) is 4.79 Å². The molecule has 0 saturated carbocycles. The number of carbonyl (C=O) groups excluding carboxylic acids is 3. The number of H-pyrrole nitrogens is 1. The van der Waals surface area contributed by atoms with Crippen molar-refractivity contribution in [1.29, 1.82) is 0 Å². The first-order valence-corrected chi connectivity index (χ1v) is 7.70. The van der Waals surface area contributed by atoms with Gasteiger partial charge in [0.15, 0.2) is 6.61 Å². The molecule has 1 heterocycles. The molecule has 0 bridgehead atoms. The fourth-order valence-electron chi connectivity index (χ4n) is 2.40. The molecular formula is C18H19N3O4. The van der Waals surface area contributed by atoms with E-state index in [-0.39, 0.29) is 18.9 Å². The zero-order valence-corrected chi connectivity index (χ0v) is 13.8. The second-order valence-electron chi connectivity index (χ2n) is 5.41. The van der Waals surface area contributed by atoms with E-state index in [9.17, 15) is 14.4 Å². The van der Waals surface area contributed by atoms with Crippen LogP contribution in [-0.4, -0.2) is 42.0 Å². The van der Waals surface area contributed by atoms with Gasteiger partial charge in [-0.05, 0) is 11.6 Å². The van der Waals surface area contributed by atoms with Crippen molar-refractivity contribution in [2.24, 2.45) is 0 Å². The number of benzene rings is 1. The predicted octanol–water partition coefficient (Wildman–Crippen LogP) is 0.508. The summed E-state index contributed by atoms with van der Waals surface area (Å²) in [7, 11) is 0. The molecule has 2 aromatic rings. The first-order chi connectivity index (χ1) is 12.0. The lowest BCUT2D eigenvalue weighted by Crippen LogP contribution is -2.43. The van der Waals surface area contributed by atoms with Gasteiger partial charge in [-0.1, -0.05) is 24.1 Å². The van der Waals surface area contributed by atoms with E-state index in [1.54, 1.807) is 6.20 Å². The number of amides is 2. The molecule has 0 aliphatic carbocycles. The van der Waals surface area contributed by atoms with Crippen LogP contribution in [0.5, 0.6) is 0 Å². The van der Waals surface area contributed by atoms with Crippen LogP contribution in [0, 0.1) is 12.3 Å². The van der Waals surface area contributed by atoms with Crippen LogP contribution in [0.15, 0.2) is 30.5 Å². The molecule has 1 atom stereocenters. The van der Waals surface area contributed by atoms with Crippen LogP contribution in [0.2, 0.25) is 0 Å². The number of hydrogen-bond donors (Lipinski definition) is 3. The zero-order chi connectivity index (χ0) is 18.2. The molecule has 2 rings (SSSR count). The normalized spacial score (nSPS) is 11.4. The molecule has 130 valence electrons. The Balaban J connectivity index is 2.05. The van der Waals surface area contributed by atoms with Crippen molar-refractivity contribution in [3.63, 3.8) is 0 Å². The summed E-state index contributed by atoms with van der Waals surface area (Å²) < 4.78 is 4.98. The smallest absolute Gasteiger partial charge is 0.329 e. The number of para-hydroxylation sites is 1. The van der Waals surface area contributed by atoms with Crippen LogP contribution >= 0.6 is 0 Å². The number of nitrogens with one attached hydrogen (secondary N) is 3. The number of ether oxygens (including phenoxy) is 1. The molecule has 0 aliphatic rings. The summed E-state index contributed by atoms with van der Waals surface area (Å²) in [4.78, 5) is 38.2. The third-order valence-electron chi connectivity index (χ3n) is 3.49. The number of aromatic amines is 1. The van der Waals surface area contributed by atoms with Gasteiger partial charge in [0.05, 0.1) is 6.54 Å². The summed E-state index contributed by atoms with van der Waals surface area (Å²) in [6, 6.07) is 6.74. The second-order valence-corrected chi connectivity index (χ2v) is 5.41. The number of terminal acetylenes is 1. The molecule has 0 unspecified atom stereocenters. The van der Waals surface area contributed by atoms with E-state index in [1.807, 2.05) is 24.3 Å². The van der Waals surface area contributed by atoms with Gasteiger partial charge in [0.2, 0.25) is 5.91 Å². The van der Waals surface area contributed by atoms with E-state index in [0.717, 1.165) is 16.5 Å². The Kier molecular flexibility index (Phi) is 6.18. The molecule has 0 saturated heterocycles. The fourth-order valence-corrected chi connectivity index (χ4v) is 2.40. The minimum Gasteiger partial charge on any atom is -0.454 e. The van der Waals surface area contributed by atoms with Crippen LogP contribution in [-0.2, 0) is 25.5 Å². The lowest BCUT2D eigenvalue weighted by Gasteiger charge is -2.16. The largest absolute Gasteiger partial charge is 0.454 e. The Morgan fingerprint density at radius 3 is 2.80 bits per heavy atom. The van der Waals surface area contributed by atoms with E-state index in [2.05, 4.69) is 21.5 Å².